The molecule has 2 aliphatic rings. The fourth-order valence-corrected chi connectivity index (χ4v) is 8.36. The van der Waals surface area contributed by atoms with Crippen LogP contribution in [0.4, 0.5) is 4.39 Å². The van der Waals surface area contributed by atoms with Crippen molar-refractivity contribution in [3.8, 4) is 0 Å². The van der Waals surface area contributed by atoms with E-state index in [9.17, 15) is 27.5 Å². The Kier molecular flexibility index (Phi) is 8.70. The lowest BCUT2D eigenvalue weighted by Gasteiger charge is -2.53. The molecule has 10 heteroatoms. The normalized spacial score (nSPS) is 23.5. The second-order valence-electron chi connectivity index (χ2n) is 11.4. The van der Waals surface area contributed by atoms with Crippen LogP contribution in [-0.4, -0.2) is 42.1 Å². The Bertz CT molecular complexity index is 1580. The molecule has 42 heavy (non-hydrogen) atoms. The SMILES string of the molecule is CC[C@@]1(CC(=O)O)C[C@H](c2cccc(Cl)c2)[C@@H](c2ccc(Cl)cc2)N([C@H](CS(=O)(=O)c2ccc(F)cc2)C2CC2)C1=O. The van der Waals surface area contributed by atoms with Gasteiger partial charge in [-0.15, -0.1) is 0 Å². The first-order valence-corrected chi connectivity index (χ1v) is 16.4. The van der Waals surface area contributed by atoms with Crippen molar-refractivity contribution in [3.05, 3.63) is 99.8 Å². The Hall–Kier alpha value is -2.94. The van der Waals surface area contributed by atoms with Gasteiger partial charge in [-0.3, -0.25) is 9.59 Å². The summed E-state index contributed by atoms with van der Waals surface area (Å²) in [5, 5.41) is 11.0. The molecule has 222 valence electrons. The predicted molar refractivity (Wildman–Crippen MR) is 160 cm³/mol. The lowest BCUT2D eigenvalue weighted by molar-refractivity contribution is -0.162. The number of carbonyl (C=O) groups is 2. The van der Waals surface area contributed by atoms with E-state index < -0.39 is 39.1 Å². The number of carbonyl (C=O) groups excluding carboxylic acids is 1. The van der Waals surface area contributed by atoms with Crippen molar-refractivity contribution >= 4 is 44.9 Å². The standard InChI is InChI=1S/C32H32Cl2FNO5S/c1-2-32(18-29(37)38)17-27(22-4-3-5-24(34)16-22)30(21-8-10-23(33)11-9-21)36(31(32)39)28(20-6-7-20)19-42(40,41)26-14-12-25(35)13-15-26/h3-5,8-16,20,27-28,30H,2,6-7,17-19H2,1H3,(H,37,38)/t27-,28-,30-,32+/m1/s1. The number of likely N-dealkylation sites (tertiary alicyclic amines) is 1. The monoisotopic (exact) mass is 631 g/mol. The molecular formula is C32H32Cl2FNO5S. The van der Waals surface area contributed by atoms with E-state index in [-0.39, 0.29) is 47.7 Å². The molecule has 0 bridgehead atoms. The number of rotatable bonds is 10. The Morgan fingerprint density at radius 3 is 2.26 bits per heavy atom. The molecule has 2 fully saturated rings. The maximum Gasteiger partial charge on any atom is 0.304 e. The molecular weight excluding hydrogens is 600 g/mol. The second-order valence-corrected chi connectivity index (χ2v) is 14.3. The van der Waals surface area contributed by atoms with Crippen molar-refractivity contribution in [1.82, 2.24) is 4.90 Å². The largest absolute Gasteiger partial charge is 0.481 e. The first kappa shape index (κ1) is 30.5. The number of nitrogens with zero attached hydrogens (tertiary/aromatic N) is 1. The molecule has 3 aromatic rings. The van der Waals surface area contributed by atoms with E-state index >= 15 is 0 Å². The van der Waals surface area contributed by atoms with Gasteiger partial charge in [-0.2, -0.15) is 0 Å². The van der Waals surface area contributed by atoms with Crippen molar-refractivity contribution in [2.75, 3.05) is 5.75 Å². The number of hydrogen-bond donors (Lipinski definition) is 1. The van der Waals surface area contributed by atoms with Crippen LogP contribution in [0.15, 0.2) is 77.7 Å². The summed E-state index contributed by atoms with van der Waals surface area (Å²) in [4.78, 5) is 28.6. The fourth-order valence-electron chi connectivity index (χ4n) is 6.41. The van der Waals surface area contributed by atoms with Crippen LogP contribution in [0.25, 0.3) is 0 Å². The molecule has 1 N–H and O–H groups in total. The summed E-state index contributed by atoms with van der Waals surface area (Å²) >= 11 is 12.7. The first-order valence-electron chi connectivity index (χ1n) is 14.0. The van der Waals surface area contributed by atoms with Gasteiger partial charge in [-0.25, -0.2) is 12.8 Å². The third-order valence-corrected chi connectivity index (χ3v) is 11.0. The molecule has 1 aliphatic carbocycles. The molecule has 1 aliphatic heterocycles. The number of benzene rings is 3. The van der Waals surface area contributed by atoms with Crippen LogP contribution < -0.4 is 0 Å². The van der Waals surface area contributed by atoms with Crippen molar-refractivity contribution in [1.29, 1.82) is 0 Å². The minimum Gasteiger partial charge on any atom is -0.481 e. The van der Waals surface area contributed by atoms with E-state index in [1.807, 2.05) is 30.3 Å². The Morgan fingerprint density at radius 2 is 1.69 bits per heavy atom. The molecule has 4 atom stereocenters. The van der Waals surface area contributed by atoms with Gasteiger partial charge < -0.3 is 10.0 Å². The van der Waals surface area contributed by atoms with Crippen LogP contribution in [-0.2, 0) is 19.4 Å². The number of carboxylic acids is 1. The molecule has 1 saturated carbocycles. The third kappa shape index (κ3) is 6.21. The minimum absolute atomic E-state index is 0.0271. The number of piperidine rings is 1. The molecule has 6 nitrogen and oxygen atoms in total. The molecule has 1 heterocycles. The van der Waals surface area contributed by atoms with Gasteiger partial charge in [0, 0.05) is 22.0 Å². The summed E-state index contributed by atoms with van der Waals surface area (Å²) in [5.41, 5.74) is 0.343. The van der Waals surface area contributed by atoms with Crippen LogP contribution in [0.1, 0.15) is 62.1 Å². The van der Waals surface area contributed by atoms with Gasteiger partial charge in [0.15, 0.2) is 9.84 Å². The fraction of sp³-hybridized carbons (Fsp3) is 0.375. The maximum atomic E-state index is 14.7. The average molecular weight is 633 g/mol. The van der Waals surface area contributed by atoms with Crippen LogP contribution >= 0.6 is 23.2 Å². The highest BCUT2D eigenvalue weighted by molar-refractivity contribution is 7.91. The summed E-state index contributed by atoms with van der Waals surface area (Å²) in [5.74, 6) is -2.84. The van der Waals surface area contributed by atoms with Crippen LogP contribution in [0.5, 0.6) is 0 Å². The minimum atomic E-state index is -3.94. The maximum absolute atomic E-state index is 14.7. The third-order valence-electron chi connectivity index (χ3n) is 8.72. The zero-order valence-electron chi connectivity index (χ0n) is 23.0. The van der Waals surface area contributed by atoms with E-state index in [4.69, 9.17) is 23.2 Å². The lowest BCUT2D eigenvalue weighted by atomic mass is 9.65. The molecule has 0 unspecified atom stereocenters. The van der Waals surface area contributed by atoms with Crippen molar-refractivity contribution < 1.29 is 27.5 Å². The zero-order chi connectivity index (χ0) is 30.2. The van der Waals surface area contributed by atoms with Crippen LogP contribution in [0.2, 0.25) is 10.0 Å². The molecule has 0 spiro atoms. The van der Waals surface area contributed by atoms with Gasteiger partial charge in [0.1, 0.15) is 5.82 Å². The molecule has 1 saturated heterocycles. The Labute approximate surface area is 255 Å². The van der Waals surface area contributed by atoms with Gasteiger partial charge in [0.25, 0.3) is 0 Å². The Morgan fingerprint density at radius 1 is 1.02 bits per heavy atom. The quantitative estimate of drug-likeness (QED) is 0.237. The topological polar surface area (TPSA) is 91.8 Å². The Balaban J connectivity index is 1.70. The van der Waals surface area contributed by atoms with E-state index in [0.717, 1.165) is 36.1 Å². The van der Waals surface area contributed by atoms with Gasteiger partial charge in [-0.05, 0) is 91.3 Å². The zero-order valence-corrected chi connectivity index (χ0v) is 25.4. The summed E-state index contributed by atoms with van der Waals surface area (Å²) in [6.07, 6.45) is 1.61. The molecule has 3 aromatic carbocycles. The number of carboxylic acid groups (broad SMARTS) is 1. The van der Waals surface area contributed by atoms with Gasteiger partial charge in [-0.1, -0.05) is 54.4 Å². The molecule has 0 radical (unpaired) electrons. The van der Waals surface area contributed by atoms with Crippen molar-refractivity contribution in [2.45, 2.75) is 61.9 Å². The number of hydrogen-bond acceptors (Lipinski definition) is 4. The number of halogens is 3. The van der Waals surface area contributed by atoms with Crippen LogP contribution in [0.3, 0.4) is 0 Å². The van der Waals surface area contributed by atoms with Gasteiger partial charge in [0.05, 0.1) is 28.5 Å². The molecule has 0 aromatic heterocycles. The number of sulfone groups is 1. The van der Waals surface area contributed by atoms with E-state index in [1.165, 1.54) is 12.1 Å². The van der Waals surface area contributed by atoms with Crippen LogP contribution in [0, 0.1) is 17.2 Å². The first-order chi connectivity index (χ1) is 19.9. The number of amides is 1. The summed E-state index contributed by atoms with van der Waals surface area (Å²) in [6.45, 7) is 1.80. The lowest BCUT2D eigenvalue weighted by Crippen LogP contribution is -2.58. The second kappa shape index (κ2) is 12.0. The van der Waals surface area contributed by atoms with E-state index in [0.29, 0.717) is 10.0 Å². The van der Waals surface area contributed by atoms with Gasteiger partial charge in [0.2, 0.25) is 5.91 Å². The van der Waals surface area contributed by atoms with Crippen molar-refractivity contribution in [3.63, 3.8) is 0 Å². The van der Waals surface area contributed by atoms with E-state index in [2.05, 4.69) is 0 Å². The summed E-state index contributed by atoms with van der Waals surface area (Å²) in [7, 11) is -3.94. The molecule has 5 rings (SSSR count). The smallest absolute Gasteiger partial charge is 0.304 e. The summed E-state index contributed by atoms with van der Waals surface area (Å²) < 4.78 is 41.1. The van der Waals surface area contributed by atoms with E-state index in [1.54, 1.807) is 30.0 Å². The average Bonchev–Trinajstić information content (AvgIpc) is 3.79. The predicted octanol–water partition coefficient (Wildman–Crippen LogP) is 7.31. The number of aliphatic carboxylic acids is 1. The van der Waals surface area contributed by atoms with Gasteiger partial charge >= 0.3 is 5.97 Å². The highest BCUT2D eigenvalue weighted by Gasteiger charge is 2.56. The summed E-state index contributed by atoms with van der Waals surface area (Å²) in [6, 6.07) is 17.8. The molecule has 1 amide bonds. The highest BCUT2D eigenvalue weighted by atomic mass is 35.5. The highest BCUT2D eigenvalue weighted by Crippen LogP contribution is 2.55. The van der Waals surface area contributed by atoms with Crippen molar-refractivity contribution in [2.24, 2.45) is 11.3 Å².